The predicted molar refractivity (Wildman–Crippen MR) is 526 cm³/mol. The standard InChI is InChI=1S/C42H28N2.2C38H24N2/c1-3-12-29(13-4-1)31-22-24-33(25-23-31)43-37-20-9-7-18-35(37)41-39(43)26-27-40-42(41)36-19-8-10-21-38(36)44(40)34-17-11-16-32(28-34)30-14-5-2-6-15-30;1-3-11-27-21-29(19-17-25(27)9-1)39-35-15-7-5-13-31(35)33-24-38-34(23-37(33)39)32-14-6-8-16-36(32)40(38)30-20-18-26-10-2-4-12-28(26)22-30;1-3-11-27-23-29(19-17-25(27)9-1)39-35-16-8-6-14-33(35)37-36(39)22-21-32-31-13-5-7-15-34(31)40(38(32)37)30-20-18-26-10-2-4-12-28(26)24-30/h1-28H;2*1-24H. The number of aromatic nitrogens is 6. The van der Waals surface area contributed by atoms with Crippen molar-refractivity contribution in [2.45, 2.75) is 0 Å². The van der Waals surface area contributed by atoms with Gasteiger partial charge in [0, 0.05) is 98.8 Å². The molecule has 0 saturated carbocycles. The van der Waals surface area contributed by atoms with Crippen molar-refractivity contribution in [2.75, 3.05) is 0 Å². The van der Waals surface area contributed by atoms with Crippen LogP contribution in [0.25, 0.3) is 230 Å². The fourth-order valence-corrected chi connectivity index (χ4v) is 20.3. The number of hydrogen-bond acceptors (Lipinski definition) is 0. The molecule has 6 aromatic heterocycles. The molecular formula is C118H76N6. The summed E-state index contributed by atoms with van der Waals surface area (Å²) in [5, 5.41) is 25.3. The van der Waals surface area contributed by atoms with E-state index in [4.69, 9.17) is 0 Å². The normalized spacial score (nSPS) is 11.9. The Balaban J connectivity index is 0.000000102. The van der Waals surface area contributed by atoms with Crippen LogP contribution in [-0.4, -0.2) is 27.4 Å². The summed E-state index contributed by atoms with van der Waals surface area (Å²) >= 11 is 0. The van der Waals surface area contributed by atoms with Crippen LogP contribution in [0, 0.1) is 0 Å². The second kappa shape index (κ2) is 28.6. The first kappa shape index (κ1) is 70.5. The van der Waals surface area contributed by atoms with Crippen LogP contribution in [0.3, 0.4) is 0 Å². The SMILES string of the molecule is c1ccc(-c2ccc(-n3c4ccccc4c4c5c6ccccc6n(-c6cccc(-c7ccccc7)c6)c5ccc43)cc2)cc1.c1ccc2cc(-n3c4ccccc4c4c3ccc3c5ccccc5n(-c5ccc6ccccc6c5)c34)ccc2c1.c1ccc2cc(-n3c4ccccc4c4cc5c(cc43)c3ccccc3n5-c3ccc4ccccc4c3)ccc2c1. The number of rotatable bonds is 8. The van der Waals surface area contributed by atoms with Crippen molar-refractivity contribution >= 4 is 174 Å². The van der Waals surface area contributed by atoms with Crippen molar-refractivity contribution in [1.82, 2.24) is 27.4 Å². The Morgan fingerprint density at radius 1 is 0.113 bits per heavy atom. The molecule has 0 saturated heterocycles. The van der Waals surface area contributed by atoms with Gasteiger partial charge in [0.15, 0.2) is 0 Å². The second-order valence-corrected chi connectivity index (χ2v) is 32.7. The molecule has 0 spiro atoms. The minimum absolute atomic E-state index is 1.16. The van der Waals surface area contributed by atoms with Crippen LogP contribution < -0.4 is 0 Å². The van der Waals surface area contributed by atoms with Gasteiger partial charge in [-0.25, -0.2) is 0 Å². The molecule has 0 atom stereocenters. The average molecular weight is 1580 g/mol. The number of nitrogens with zero attached hydrogens (tertiary/aromatic N) is 6. The zero-order valence-electron chi connectivity index (χ0n) is 67.6. The zero-order valence-corrected chi connectivity index (χ0v) is 67.6. The lowest BCUT2D eigenvalue weighted by atomic mass is 10.0. The van der Waals surface area contributed by atoms with Gasteiger partial charge in [-0.2, -0.15) is 0 Å². The summed E-state index contributed by atoms with van der Waals surface area (Å²) in [6, 6.07) is 168. The van der Waals surface area contributed by atoms with Crippen molar-refractivity contribution in [1.29, 1.82) is 0 Å². The van der Waals surface area contributed by atoms with E-state index in [9.17, 15) is 0 Å². The molecule has 0 fully saturated rings. The summed E-state index contributed by atoms with van der Waals surface area (Å²) in [4.78, 5) is 0. The molecule has 578 valence electrons. The van der Waals surface area contributed by atoms with Crippen LogP contribution in [0.15, 0.2) is 461 Å². The molecule has 6 heterocycles. The Hall–Kier alpha value is -16.5. The van der Waals surface area contributed by atoms with Gasteiger partial charge in [-0.05, 0) is 205 Å². The molecule has 0 aliphatic carbocycles. The van der Waals surface area contributed by atoms with Gasteiger partial charge in [0.1, 0.15) is 0 Å². The van der Waals surface area contributed by atoms with E-state index in [-0.39, 0.29) is 0 Å². The summed E-state index contributed by atoms with van der Waals surface area (Å²) in [6.07, 6.45) is 0. The third-order valence-electron chi connectivity index (χ3n) is 25.8. The van der Waals surface area contributed by atoms with Crippen LogP contribution in [-0.2, 0) is 0 Å². The Morgan fingerprint density at radius 2 is 0.387 bits per heavy atom. The van der Waals surface area contributed by atoms with Gasteiger partial charge in [0.25, 0.3) is 0 Å². The summed E-state index contributed by atoms with van der Waals surface area (Å²) in [5.74, 6) is 0. The lowest BCUT2D eigenvalue weighted by molar-refractivity contribution is 1.17. The Kier molecular flexibility index (Phi) is 16.3. The van der Waals surface area contributed by atoms with Gasteiger partial charge >= 0.3 is 0 Å². The smallest absolute Gasteiger partial charge is 0.0641 e. The minimum atomic E-state index is 1.16. The van der Waals surface area contributed by atoms with E-state index in [1.165, 1.54) is 219 Å². The van der Waals surface area contributed by atoms with Gasteiger partial charge in [0.2, 0.25) is 0 Å². The lowest BCUT2D eigenvalue weighted by Gasteiger charge is -2.11. The molecule has 0 N–H and O–H groups in total. The van der Waals surface area contributed by atoms with Gasteiger partial charge < -0.3 is 27.4 Å². The van der Waals surface area contributed by atoms with Gasteiger partial charge in [-0.15, -0.1) is 0 Å². The molecule has 0 bridgehead atoms. The van der Waals surface area contributed by atoms with E-state index in [1.807, 2.05) is 0 Å². The quantitative estimate of drug-likeness (QED) is 0.145. The van der Waals surface area contributed by atoms with Crippen LogP contribution in [0.1, 0.15) is 0 Å². The Morgan fingerprint density at radius 3 is 0.815 bits per heavy atom. The third kappa shape index (κ3) is 11.3. The number of fused-ring (bicyclic) bond motifs is 24. The topological polar surface area (TPSA) is 29.6 Å². The second-order valence-electron chi connectivity index (χ2n) is 32.7. The van der Waals surface area contributed by atoms with Crippen molar-refractivity contribution in [2.24, 2.45) is 0 Å². The molecule has 27 rings (SSSR count). The molecule has 0 unspecified atom stereocenters. The van der Waals surface area contributed by atoms with Gasteiger partial charge in [0.05, 0.1) is 66.2 Å². The monoisotopic (exact) mass is 1580 g/mol. The molecule has 21 aromatic carbocycles. The zero-order chi connectivity index (χ0) is 81.5. The van der Waals surface area contributed by atoms with Crippen LogP contribution in [0.2, 0.25) is 0 Å². The van der Waals surface area contributed by atoms with E-state index in [2.05, 4.69) is 488 Å². The summed E-state index contributed by atoms with van der Waals surface area (Å²) in [5.41, 5.74) is 26.6. The summed E-state index contributed by atoms with van der Waals surface area (Å²) < 4.78 is 14.6. The van der Waals surface area contributed by atoms with E-state index in [1.54, 1.807) is 0 Å². The highest BCUT2D eigenvalue weighted by molar-refractivity contribution is 6.30. The van der Waals surface area contributed by atoms with E-state index >= 15 is 0 Å². The van der Waals surface area contributed by atoms with E-state index in [0.717, 1.165) is 11.4 Å². The first-order valence-corrected chi connectivity index (χ1v) is 42.7. The number of para-hydroxylation sites is 6. The highest BCUT2D eigenvalue weighted by Crippen LogP contribution is 2.47. The van der Waals surface area contributed by atoms with Crippen molar-refractivity contribution in [3.63, 3.8) is 0 Å². The van der Waals surface area contributed by atoms with Gasteiger partial charge in [-0.3, -0.25) is 0 Å². The highest BCUT2D eigenvalue weighted by Gasteiger charge is 2.25. The first-order valence-electron chi connectivity index (χ1n) is 42.7. The van der Waals surface area contributed by atoms with Crippen molar-refractivity contribution in [3.8, 4) is 56.4 Å². The Bertz CT molecular complexity index is 8820. The van der Waals surface area contributed by atoms with E-state index < -0.39 is 0 Å². The van der Waals surface area contributed by atoms with E-state index in [0.29, 0.717) is 0 Å². The maximum atomic E-state index is 2.47. The van der Waals surface area contributed by atoms with Gasteiger partial charge in [-0.1, -0.05) is 322 Å². The largest absolute Gasteiger partial charge is 0.309 e. The molecular weight excluding hydrogens is 1500 g/mol. The van der Waals surface area contributed by atoms with Crippen LogP contribution in [0.5, 0.6) is 0 Å². The lowest BCUT2D eigenvalue weighted by Crippen LogP contribution is -1.95. The molecule has 124 heavy (non-hydrogen) atoms. The summed E-state index contributed by atoms with van der Waals surface area (Å²) in [7, 11) is 0. The Labute approximate surface area is 713 Å². The fourth-order valence-electron chi connectivity index (χ4n) is 20.3. The molecule has 6 nitrogen and oxygen atoms in total. The first-order chi connectivity index (χ1) is 61.5. The summed E-state index contributed by atoms with van der Waals surface area (Å²) in [6.45, 7) is 0. The predicted octanol–water partition coefficient (Wildman–Crippen LogP) is 31.6. The third-order valence-corrected chi connectivity index (χ3v) is 25.8. The molecule has 0 aliphatic rings. The number of hydrogen-bond donors (Lipinski definition) is 0. The van der Waals surface area contributed by atoms with Crippen molar-refractivity contribution < 1.29 is 0 Å². The number of benzene rings is 21. The van der Waals surface area contributed by atoms with Crippen LogP contribution >= 0.6 is 0 Å². The maximum absolute atomic E-state index is 2.47. The highest BCUT2D eigenvalue weighted by atomic mass is 15.0. The van der Waals surface area contributed by atoms with Crippen molar-refractivity contribution in [3.05, 3.63) is 461 Å². The fraction of sp³-hybridized carbons (Fsp3) is 0. The van der Waals surface area contributed by atoms with Crippen LogP contribution in [0.4, 0.5) is 0 Å². The molecule has 27 aromatic rings. The minimum Gasteiger partial charge on any atom is -0.309 e. The molecule has 0 amide bonds. The molecule has 6 heteroatoms. The molecule has 0 aliphatic heterocycles. The average Bonchev–Trinajstić information content (AvgIpc) is 1.55. The molecule has 0 radical (unpaired) electrons. The maximum Gasteiger partial charge on any atom is 0.0641 e.